The third-order valence-electron chi connectivity index (χ3n) is 2.66. The minimum absolute atomic E-state index is 0.0328. The topological polar surface area (TPSA) is 113 Å². The first-order valence-electron chi connectivity index (χ1n) is 6.28. The van der Waals surface area contributed by atoms with Gasteiger partial charge in [0.05, 0.1) is 12.1 Å². The second kappa shape index (κ2) is 5.60. The SMILES string of the molecule is CC(C)NC(=O)CNC(=O)c1n[nH]c2ccc(N)cc12. The van der Waals surface area contributed by atoms with Gasteiger partial charge in [0.2, 0.25) is 5.91 Å². The Balaban J connectivity index is 2.08. The van der Waals surface area contributed by atoms with E-state index in [1.165, 1.54) is 0 Å². The second-order valence-corrected chi connectivity index (χ2v) is 4.78. The van der Waals surface area contributed by atoms with Gasteiger partial charge in [-0.3, -0.25) is 14.7 Å². The number of H-pyrrole nitrogens is 1. The molecule has 0 saturated heterocycles. The first-order chi connectivity index (χ1) is 9.47. The summed E-state index contributed by atoms with van der Waals surface area (Å²) in [5.41, 5.74) is 7.18. The van der Waals surface area contributed by atoms with E-state index < -0.39 is 5.91 Å². The van der Waals surface area contributed by atoms with Gasteiger partial charge in [0, 0.05) is 17.1 Å². The van der Waals surface area contributed by atoms with E-state index in [4.69, 9.17) is 5.73 Å². The zero-order chi connectivity index (χ0) is 14.7. The molecule has 1 aromatic heterocycles. The van der Waals surface area contributed by atoms with Crippen LogP contribution in [0.2, 0.25) is 0 Å². The molecule has 0 aliphatic rings. The van der Waals surface area contributed by atoms with Crippen LogP contribution in [0.15, 0.2) is 18.2 Å². The van der Waals surface area contributed by atoms with Crippen LogP contribution >= 0.6 is 0 Å². The lowest BCUT2D eigenvalue weighted by atomic mass is 10.2. The first kappa shape index (κ1) is 13.9. The van der Waals surface area contributed by atoms with Gasteiger partial charge in [-0.1, -0.05) is 0 Å². The van der Waals surface area contributed by atoms with E-state index in [0.717, 1.165) is 5.52 Å². The van der Waals surface area contributed by atoms with Crippen molar-refractivity contribution in [1.82, 2.24) is 20.8 Å². The Kier molecular flexibility index (Phi) is 3.88. The van der Waals surface area contributed by atoms with E-state index >= 15 is 0 Å². The molecule has 0 radical (unpaired) electrons. The number of fused-ring (bicyclic) bond motifs is 1. The fourth-order valence-corrected chi connectivity index (χ4v) is 1.82. The van der Waals surface area contributed by atoms with E-state index in [2.05, 4.69) is 20.8 Å². The van der Waals surface area contributed by atoms with Gasteiger partial charge in [-0.15, -0.1) is 0 Å². The molecule has 0 saturated carbocycles. The average Bonchev–Trinajstić information content (AvgIpc) is 2.78. The molecule has 2 rings (SSSR count). The smallest absolute Gasteiger partial charge is 0.272 e. The van der Waals surface area contributed by atoms with Crippen LogP contribution in [0.1, 0.15) is 24.3 Å². The molecule has 0 atom stereocenters. The third-order valence-corrected chi connectivity index (χ3v) is 2.66. The minimum Gasteiger partial charge on any atom is -0.399 e. The number of anilines is 1. The Morgan fingerprint density at radius 3 is 2.85 bits per heavy atom. The van der Waals surface area contributed by atoms with Crippen LogP contribution < -0.4 is 16.4 Å². The normalized spacial score (nSPS) is 10.8. The molecule has 20 heavy (non-hydrogen) atoms. The highest BCUT2D eigenvalue weighted by molar-refractivity contribution is 6.06. The zero-order valence-corrected chi connectivity index (χ0v) is 11.4. The third kappa shape index (κ3) is 3.05. The summed E-state index contributed by atoms with van der Waals surface area (Å²) in [6.07, 6.45) is 0. The Hall–Kier alpha value is -2.57. The number of carbonyl (C=O) groups is 2. The van der Waals surface area contributed by atoms with Crippen molar-refractivity contribution in [3.8, 4) is 0 Å². The molecule has 7 heteroatoms. The maximum atomic E-state index is 12.0. The number of hydrogen-bond donors (Lipinski definition) is 4. The van der Waals surface area contributed by atoms with Crippen LogP contribution in [0.3, 0.4) is 0 Å². The molecule has 1 aromatic carbocycles. The van der Waals surface area contributed by atoms with Crippen molar-refractivity contribution in [1.29, 1.82) is 0 Å². The Morgan fingerprint density at radius 2 is 2.15 bits per heavy atom. The number of nitrogen functional groups attached to an aromatic ring is 1. The molecular weight excluding hydrogens is 258 g/mol. The molecule has 0 fully saturated rings. The molecule has 2 amide bonds. The maximum Gasteiger partial charge on any atom is 0.272 e. The molecule has 5 N–H and O–H groups in total. The Bertz CT molecular complexity index is 647. The molecule has 0 spiro atoms. The van der Waals surface area contributed by atoms with Crippen molar-refractivity contribution < 1.29 is 9.59 Å². The van der Waals surface area contributed by atoms with Crippen LogP contribution in [-0.2, 0) is 4.79 Å². The van der Waals surface area contributed by atoms with Gasteiger partial charge in [-0.05, 0) is 32.0 Å². The van der Waals surface area contributed by atoms with Crippen molar-refractivity contribution in [3.63, 3.8) is 0 Å². The second-order valence-electron chi connectivity index (χ2n) is 4.78. The van der Waals surface area contributed by atoms with Gasteiger partial charge in [-0.25, -0.2) is 0 Å². The lowest BCUT2D eigenvalue weighted by Crippen LogP contribution is -2.39. The highest BCUT2D eigenvalue weighted by atomic mass is 16.2. The number of nitrogens with two attached hydrogens (primary N) is 1. The summed E-state index contributed by atoms with van der Waals surface area (Å²) in [5, 5.41) is 12.5. The maximum absolute atomic E-state index is 12.0. The fourth-order valence-electron chi connectivity index (χ4n) is 1.82. The number of amides is 2. The quantitative estimate of drug-likeness (QED) is 0.605. The van der Waals surface area contributed by atoms with Crippen LogP contribution in [-0.4, -0.2) is 34.6 Å². The number of hydrogen-bond acceptors (Lipinski definition) is 4. The summed E-state index contributed by atoms with van der Waals surface area (Å²) in [4.78, 5) is 23.5. The van der Waals surface area contributed by atoms with E-state index in [9.17, 15) is 9.59 Å². The summed E-state index contributed by atoms with van der Waals surface area (Å²) >= 11 is 0. The zero-order valence-electron chi connectivity index (χ0n) is 11.4. The van der Waals surface area contributed by atoms with Crippen LogP contribution in [0.5, 0.6) is 0 Å². The van der Waals surface area contributed by atoms with E-state index in [1.807, 2.05) is 13.8 Å². The van der Waals surface area contributed by atoms with Crippen molar-refractivity contribution >= 4 is 28.4 Å². The monoisotopic (exact) mass is 275 g/mol. The van der Waals surface area contributed by atoms with Crippen LogP contribution in [0.25, 0.3) is 10.9 Å². The van der Waals surface area contributed by atoms with E-state index in [-0.39, 0.29) is 24.2 Å². The number of nitrogens with one attached hydrogen (secondary N) is 3. The molecule has 7 nitrogen and oxygen atoms in total. The minimum atomic E-state index is -0.416. The van der Waals surface area contributed by atoms with Gasteiger partial charge in [0.25, 0.3) is 5.91 Å². The average molecular weight is 275 g/mol. The lowest BCUT2D eigenvalue weighted by molar-refractivity contribution is -0.120. The number of nitrogens with zero attached hydrogens (tertiary/aromatic N) is 1. The molecule has 2 aromatic rings. The molecular formula is C13H17N5O2. The summed E-state index contributed by atoms with van der Waals surface area (Å²) in [5.74, 6) is -0.659. The number of aromatic amines is 1. The lowest BCUT2D eigenvalue weighted by Gasteiger charge is -2.08. The van der Waals surface area contributed by atoms with Crippen molar-refractivity contribution in [2.24, 2.45) is 0 Å². The highest BCUT2D eigenvalue weighted by Crippen LogP contribution is 2.18. The van der Waals surface area contributed by atoms with Gasteiger partial charge in [-0.2, -0.15) is 5.10 Å². The number of aromatic nitrogens is 2. The molecule has 106 valence electrons. The van der Waals surface area contributed by atoms with E-state index in [0.29, 0.717) is 11.1 Å². The summed E-state index contributed by atoms with van der Waals surface area (Å²) in [6.45, 7) is 3.61. The van der Waals surface area contributed by atoms with Gasteiger partial charge in [0.15, 0.2) is 5.69 Å². The van der Waals surface area contributed by atoms with E-state index in [1.54, 1.807) is 18.2 Å². The van der Waals surface area contributed by atoms with Crippen LogP contribution in [0.4, 0.5) is 5.69 Å². The van der Waals surface area contributed by atoms with Crippen molar-refractivity contribution in [3.05, 3.63) is 23.9 Å². The molecule has 0 unspecified atom stereocenters. The predicted molar refractivity (Wildman–Crippen MR) is 76.1 cm³/mol. The van der Waals surface area contributed by atoms with Crippen LogP contribution in [0, 0.1) is 0 Å². The number of rotatable bonds is 4. The van der Waals surface area contributed by atoms with Crippen molar-refractivity contribution in [2.75, 3.05) is 12.3 Å². The number of carbonyl (C=O) groups excluding carboxylic acids is 2. The summed E-state index contributed by atoms with van der Waals surface area (Å²) in [7, 11) is 0. The Morgan fingerprint density at radius 1 is 1.40 bits per heavy atom. The van der Waals surface area contributed by atoms with Gasteiger partial charge < -0.3 is 16.4 Å². The van der Waals surface area contributed by atoms with Gasteiger partial charge in [0.1, 0.15) is 0 Å². The van der Waals surface area contributed by atoms with Gasteiger partial charge >= 0.3 is 0 Å². The number of benzene rings is 1. The molecule has 1 heterocycles. The summed E-state index contributed by atoms with van der Waals surface area (Å²) in [6, 6.07) is 5.17. The molecule has 0 aliphatic heterocycles. The fraction of sp³-hybridized carbons (Fsp3) is 0.308. The summed E-state index contributed by atoms with van der Waals surface area (Å²) < 4.78 is 0. The molecule has 0 aliphatic carbocycles. The van der Waals surface area contributed by atoms with Crippen molar-refractivity contribution in [2.45, 2.75) is 19.9 Å². The predicted octanol–water partition coefficient (Wildman–Crippen LogP) is 0.400. The Labute approximate surface area is 115 Å². The standard InChI is InChI=1S/C13H17N5O2/c1-7(2)16-11(19)6-15-13(20)12-9-5-8(14)3-4-10(9)17-18-12/h3-5,7H,6,14H2,1-2H3,(H,15,20)(H,16,19)(H,17,18). The molecule has 0 bridgehead atoms. The largest absolute Gasteiger partial charge is 0.399 e. The first-order valence-corrected chi connectivity index (χ1v) is 6.28. The highest BCUT2D eigenvalue weighted by Gasteiger charge is 2.15.